The maximum absolute atomic E-state index is 13.0. The summed E-state index contributed by atoms with van der Waals surface area (Å²) in [4.78, 5) is 37.3. The van der Waals surface area contributed by atoms with Crippen LogP contribution in [0.2, 0.25) is 0 Å². The van der Waals surface area contributed by atoms with Gasteiger partial charge in [0.2, 0.25) is 0 Å². The van der Waals surface area contributed by atoms with Crippen LogP contribution in [0.5, 0.6) is 0 Å². The third kappa shape index (κ3) is 8.84. The summed E-state index contributed by atoms with van der Waals surface area (Å²) in [5.74, 6) is -2.09. The van der Waals surface area contributed by atoms with E-state index in [0.717, 1.165) is 0 Å². The molecule has 11 nitrogen and oxygen atoms in total. The quantitative estimate of drug-likeness (QED) is 0.149. The second-order valence-electron chi connectivity index (χ2n) is 8.42. The van der Waals surface area contributed by atoms with Crippen LogP contribution < -0.4 is 16.4 Å². The zero-order valence-corrected chi connectivity index (χ0v) is 21.7. The number of amidine groups is 1. The number of carbonyl (C=O) groups excluding carboxylic acids is 2. The van der Waals surface area contributed by atoms with Gasteiger partial charge in [0.05, 0.1) is 11.8 Å². The molecule has 0 saturated carbocycles. The number of hydrogen-bond acceptors (Lipinski definition) is 6. The fraction of sp³-hybridized carbons (Fsp3) is 0.154. The molecule has 0 fully saturated rings. The van der Waals surface area contributed by atoms with Gasteiger partial charge in [-0.1, -0.05) is 24.3 Å². The highest BCUT2D eigenvalue weighted by Gasteiger charge is 2.20. The highest BCUT2D eigenvalue weighted by molar-refractivity contribution is 7.85. The van der Waals surface area contributed by atoms with Crippen molar-refractivity contribution in [2.24, 2.45) is 5.73 Å². The Morgan fingerprint density at radius 2 is 1.39 bits per heavy atom. The minimum absolute atomic E-state index is 0.0788. The highest BCUT2D eigenvalue weighted by Crippen LogP contribution is 2.29. The third-order valence-electron chi connectivity index (χ3n) is 4.85. The SMILES string of the molecule is CC(C)NC(=O)c1ccc(-c2ccccc2C(=O)Nc2ccc(C(=N)N)cc2)c(C(=O)O)c1.CS(=O)(=O)O. The molecule has 0 heterocycles. The molecule has 0 aromatic heterocycles. The van der Waals surface area contributed by atoms with Crippen molar-refractivity contribution in [3.8, 4) is 11.1 Å². The molecule has 2 amide bonds. The molecule has 0 spiro atoms. The number of carbonyl (C=O) groups is 3. The van der Waals surface area contributed by atoms with Gasteiger partial charge in [-0.25, -0.2) is 4.79 Å². The predicted octanol–water partition coefficient (Wildman–Crippen LogP) is 3.23. The van der Waals surface area contributed by atoms with E-state index in [4.69, 9.17) is 15.7 Å². The molecular formula is C26H28N4O7S. The molecule has 0 bridgehead atoms. The molecule has 200 valence electrons. The van der Waals surface area contributed by atoms with Crippen molar-refractivity contribution in [1.82, 2.24) is 5.32 Å². The molecule has 0 aliphatic rings. The van der Waals surface area contributed by atoms with Crippen LogP contribution in [0.3, 0.4) is 0 Å². The van der Waals surface area contributed by atoms with Gasteiger partial charge in [-0.05, 0) is 67.4 Å². The second kappa shape index (κ2) is 12.6. The smallest absolute Gasteiger partial charge is 0.336 e. The topological polar surface area (TPSA) is 200 Å². The van der Waals surface area contributed by atoms with Gasteiger partial charge in [0.15, 0.2) is 0 Å². The molecule has 0 aliphatic carbocycles. The van der Waals surface area contributed by atoms with Crippen molar-refractivity contribution in [2.75, 3.05) is 11.6 Å². The second-order valence-corrected chi connectivity index (χ2v) is 9.88. The fourth-order valence-electron chi connectivity index (χ4n) is 3.29. The zero-order chi connectivity index (χ0) is 28.6. The molecule has 12 heteroatoms. The van der Waals surface area contributed by atoms with Gasteiger partial charge in [-0.2, -0.15) is 8.42 Å². The van der Waals surface area contributed by atoms with Gasteiger partial charge < -0.3 is 21.5 Å². The maximum atomic E-state index is 13.0. The highest BCUT2D eigenvalue weighted by atomic mass is 32.2. The first-order valence-electron chi connectivity index (χ1n) is 11.1. The Kier molecular flexibility index (Phi) is 9.85. The molecule has 3 rings (SSSR count). The lowest BCUT2D eigenvalue weighted by atomic mass is 9.93. The Morgan fingerprint density at radius 1 is 0.868 bits per heavy atom. The number of anilines is 1. The average molecular weight is 541 g/mol. The lowest BCUT2D eigenvalue weighted by Gasteiger charge is -2.14. The van der Waals surface area contributed by atoms with E-state index in [0.29, 0.717) is 28.6 Å². The van der Waals surface area contributed by atoms with E-state index in [1.165, 1.54) is 18.2 Å². The summed E-state index contributed by atoms with van der Waals surface area (Å²) in [5, 5.41) is 22.8. The summed E-state index contributed by atoms with van der Waals surface area (Å²) in [6.45, 7) is 3.62. The Labute approximate surface area is 220 Å². The number of benzene rings is 3. The van der Waals surface area contributed by atoms with Crippen molar-refractivity contribution in [2.45, 2.75) is 19.9 Å². The van der Waals surface area contributed by atoms with Crippen LogP contribution in [0.4, 0.5) is 5.69 Å². The normalized spacial score (nSPS) is 10.7. The van der Waals surface area contributed by atoms with Crippen molar-refractivity contribution in [1.29, 1.82) is 5.41 Å². The summed E-state index contributed by atoms with van der Waals surface area (Å²) < 4.78 is 25.9. The Balaban J connectivity index is 0.000000926. The number of carboxylic acid groups (broad SMARTS) is 1. The van der Waals surface area contributed by atoms with E-state index in [2.05, 4.69) is 10.6 Å². The first kappa shape index (κ1) is 29.7. The number of nitrogens with two attached hydrogens (primary N) is 1. The lowest BCUT2D eigenvalue weighted by molar-refractivity contribution is 0.0697. The Bertz CT molecular complexity index is 1460. The van der Waals surface area contributed by atoms with Crippen LogP contribution in [-0.4, -0.2) is 54.0 Å². The van der Waals surface area contributed by atoms with Crippen molar-refractivity contribution in [3.63, 3.8) is 0 Å². The Hall–Kier alpha value is -4.55. The largest absolute Gasteiger partial charge is 0.478 e. The maximum Gasteiger partial charge on any atom is 0.336 e. The fourth-order valence-corrected chi connectivity index (χ4v) is 3.29. The van der Waals surface area contributed by atoms with Crippen molar-refractivity contribution >= 4 is 39.4 Å². The summed E-state index contributed by atoms with van der Waals surface area (Å²) in [6, 6.07) is 17.4. The van der Waals surface area contributed by atoms with Crippen LogP contribution in [0.25, 0.3) is 11.1 Å². The van der Waals surface area contributed by atoms with Crippen molar-refractivity contribution in [3.05, 3.63) is 89.0 Å². The van der Waals surface area contributed by atoms with E-state index in [1.807, 2.05) is 13.8 Å². The summed E-state index contributed by atoms with van der Waals surface area (Å²) in [5.41, 5.74) is 7.63. The van der Waals surface area contributed by atoms with Gasteiger partial charge >= 0.3 is 5.97 Å². The third-order valence-corrected chi connectivity index (χ3v) is 4.85. The molecule has 0 radical (unpaired) electrons. The van der Waals surface area contributed by atoms with E-state index in [9.17, 15) is 27.9 Å². The first-order chi connectivity index (χ1) is 17.7. The summed E-state index contributed by atoms with van der Waals surface area (Å²) >= 11 is 0. The number of nitrogen functional groups attached to an aromatic ring is 1. The number of aromatic carboxylic acids is 1. The molecular weight excluding hydrogens is 512 g/mol. The summed E-state index contributed by atoms with van der Waals surface area (Å²) in [6.07, 6.45) is 0.715. The number of carboxylic acids is 1. The standard InChI is InChI=1S/C25H24N4O4.CH4O3S/c1-14(2)28-23(30)16-9-12-19(21(13-16)25(32)33)18-5-3-4-6-20(18)24(31)29-17-10-7-15(8-11-17)22(26)27;1-5(2,3)4/h3-14H,1-2H3,(H3,26,27)(H,28,30)(H,29,31)(H,32,33);1H3,(H,2,3,4). The number of amides is 2. The van der Waals surface area contributed by atoms with Gasteiger partial charge in [-0.3, -0.25) is 19.6 Å². The average Bonchev–Trinajstić information content (AvgIpc) is 2.82. The van der Waals surface area contributed by atoms with Gasteiger partial charge in [0.25, 0.3) is 21.9 Å². The van der Waals surface area contributed by atoms with Crippen LogP contribution in [0.15, 0.2) is 66.7 Å². The van der Waals surface area contributed by atoms with Gasteiger partial charge in [-0.15, -0.1) is 0 Å². The van der Waals surface area contributed by atoms with E-state index in [-0.39, 0.29) is 34.5 Å². The zero-order valence-electron chi connectivity index (χ0n) is 20.8. The number of nitrogens with one attached hydrogen (secondary N) is 3. The molecule has 7 N–H and O–H groups in total. The van der Waals surface area contributed by atoms with E-state index >= 15 is 0 Å². The molecule has 0 aliphatic heterocycles. The Morgan fingerprint density at radius 3 is 1.92 bits per heavy atom. The predicted molar refractivity (Wildman–Crippen MR) is 144 cm³/mol. The minimum atomic E-state index is -3.67. The first-order valence-corrected chi connectivity index (χ1v) is 13.0. The molecule has 0 unspecified atom stereocenters. The molecule has 0 saturated heterocycles. The van der Waals surface area contributed by atoms with E-state index < -0.39 is 22.0 Å². The van der Waals surface area contributed by atoms with Gasteiger partial charge in [0.1, 0.15) is 5.84 Å². The lowest BCUT2D eigenvalue weighted by Crippen LogP contribution is -2.30. The van der Waals surface area contributed by atoms with Crippen molar-refractivity contribution < 1.29 is 32.5 Å². The van der Waals surface area contributed by atoms with Crippen LogP contribution in [0.1, 0.15) is 50.5 Å². The number of rotatable bonds is 7. The molecule has 38 heavy (non-hydrogen) atoms. The van der Waals surface area contributed by atoms with E-state index in [1.54, 1.807) is 48.5 Å². The number of hydrogen-bond donors (Lipinski definition) is 6. The summed E-state index contributed by atoms with van der Waals surface area (Å²) in [7, 11) is -3.67. The van der Waals surface area contributed by atoms with Crippen LogP contribution in [0, 0.1) is 5.41 Å². The molecule has 3 aromatic rings. The van der Waals surface area contributed by atoms with Crippen LogP contribution in [-0.2, 0) is 10.1 Å². The molecule has 0 atom stereocenters. The minimum Gasteiger partial charge on any atom is -0.478 e. The molecule has 3 aromatic carbocycles. The monoisotopic (exact) mass is 540 g/mol. The van der Waals surface area contributed by atoms with Gasteiger partial charge in [0, 0.05) is 28.4 Å². The van der Waals surface area contributed by atoms with Crippen LogP contribution >= 0.6 is 0 Å².